The molecule has 4 heteroatoms. The summed E-state index contributed by atoms with van der Waals surface area (Å²) in [7, 11) is 3.63. The number of hydrogen-bond donors (Lipinski definition) is 0. The van der Waals surface area contributed by atoms with Crippen LogP contribution in [0, 0.1) is 13.8 Å². The van der Waals surface area contributed by atoms with E-state index >= 15 is 0 Å². The van der Waals surface area contributed by atoms with Crippen molar-refractivity contribution in [3.8, 4) is 11.4 Å². The number of hydrogen-bond acceptors (Lipinski definition) is 2. The van der Waals surface area contributed by atoms with Crippen LogP contribution in [-0.2, 0) is 0 Å². The van der Waals surface area contributed by atoms with Gasteiger partial charge in [0.25, 0.3) is 0 Å². The summed E-state index contributed by atoms with van der Waals surface area (Å²) in [4.78, 5) is 2.54. The molecule has 2 aromatic carbocycles. The van der Waals surface area contributed by atoms with Crippen molar-refractivity contribution in [2.24, 2.45) is 0 Å². The summed E-state index contributed by atoms with van der Waals surface area (Å²) < 4.78 is 4.34. The molecule has 4 aromatic rings. The lowest BCUT2D eigenvalue weighted by molar-refractivity contribution is 1.04. The SMILES string of the molecule is Cc1ccc(-n2cccc2)c(SSc2cc(C)ccc2-n2cccc2)c1. The quantitative estimate of drug-likeness (QED) is 0.359. The van der Waals surface area contributed by atoms with Crippen LogP contribution in [0.5, 0.6) is 0 Å². The fourth-order valence-electron chi connectivity index (χ4n) is 2.88. The third-order valence-corrected chi connectivity index (χ3v) is 6.64. The Hall–Kier alpha value is -2.30. The van der Waals surface area contributed by atoms with Gasteiger partial charge in [-0.25, -0.2) is 0 Å². The largest absolute Gasteiger partial charge is 0.323 e. The van der Waals surface area contributed by atoms with E-state index in [-0.39, 0.29) is 0 Å². The minimum atomic E-state index is 1.22. The molecule has 0 unspecified atom stereocenters. The van der Waals surface area contributed by atoms with Crippen molar-refractivity contribution < 1.29 is 0 Å². The number of nitrogens with zero attached hydrogens (tertiary/aromatic N) is 2. The van der Waals surface area contributed by atoms with E-state index in [2.05, 4.69) is 108 Å². The lowest BCUT2D eigenvalue weighted by atomic mass is 10.2. The van der Waals surface area contributed by atoms with Gasteiger partial charge in [-0.15, -0.1) is 0 Å². The molecule has 0 aliphatic rings. The zero-order valence-corrected chi connectivity index (χ0v) is 16.4. The van der Waals surface area contributed by atoms with E-state index < -0.39 is 0 Å². The molecule has 0 radical (unpaired) electrons. The lowest BCUT2D eigenvalue weighted by Crippen LogP contribution is -1.94. The highest BCUT2D eigenvalue weighted by Gasteiger charge is 2.10. The molecule has 0 fully saturated rings. The second-order valence-electron chi connectivity index (χ2n) is 6.29. The van der Waals surface area contributed by atoms with Gasteiger partial charge >= 0.3 is 0 Å². The normalized spacial score (nSPS) is 11.0. The van der Waals surface area contributed by atoms with Crippen LogP contribution in [0.4, 0.5) is 0 Å². The molecule has 26 heavy (non-hydrogen) atoms. The van der Waals surface area contributed by atoms with Crippen LogP contribution < -0.4 is 0 Å². The molecule has 0 aliphatic carbocycles. The molecule has 2 nitrogen and oxygen atoms in total. The fraction of sp³-hybridized carbons (Fsp3) is 0.0909. The molecular formula is C22H20N2S2. The molecule has 0 atom stereocenters. The molecule has 0 saturated carbocycles. The molecule has 2 heterocycles. The second kappa shape index (κ2) is 7.52. The molecule has 4 rings (SSSR count). The monoisotopic (exact) mass is 376 g/mol. The average molecular weight is 377 g/mol. The molecular weight excluding hydrogens is 356 g/mol. The van der Waals surface area contributed by atoms with Crippen molar-refractivity contribution in [3.05, 3.63) is 96.6 Å². The van der Waals surface area contributed by atoms with Crippen molar-refractivity contribution in [3.63, 3.8) is 0 Å². The van der Waals surface area contributed by atoms with Crippen molar-refractivity contribution in [1.82, 2.24) is 9.13 Å². The van der Waals surface area contributed by atoms with Gasteiger partial charge in [-0.2, -0.15) is 0 Å². The summed E-state index contributed by atoms with van der Waals surface area (Å²) in [5, 5.41) is 0. The topological polar surface area (TPSA) is 9.86 Å². The van der Waals surface area contributed by atoms with Gasteiger partial charge in [0.05, 0.1) is 11.4 Å². The van der Waals surface area contributed by atoms with E-state index in [4.69, 9.17) is 0 Å². The van der Waals surface area contributed by atoms with Gasteiger partial charge in [0.1, 0.15) is 0 Å². The predicted octanol–water partition coefficient (Wildman–Crippen LogP) is 6.68. The zero-order valence-electron chi connectivity index (χ0n) is 14.8. The van der Waals surface area contributed by atoms with Crippen LogP contribution in [0.25, 0.3) is 11.4 Å². The number of aromatic nitrogens is 2. The average Bonchev–Trinajstić information content (AvgIpc) is 3.34. The summed E-state index contributed by atoms with van der Waals surface area (Å²) in [6.45, 7) is 4.29. The van der Waals surface area contributed by atoms with E-state index in [9.17, 15) is 0 Å². The Kier molecular flexibility index (Phi) is 4.96. The highest BCUT2D eigenvalue weighted by atomic mass is 33.1. The number of aryl methyl sites for hydroxylation is 2. The third kappa shape index (κ3) is 3.62. The minimum Gasteiger partial charge on any atom is -0.323 e. The number of rotatable bonds is 5. The Morgan fingerprint density at radius 1 is 0.577 bits per heavy atom. The molecule has 0 bridgehead atoms. The minimum absolute atomic E-state index is 1.22. The smallest absolute Gasteiger partial charge is 0.0594 e. The maximum Gasteiger partial charge on any atom is 0.0594 e. The van der Waals surface area contributed by atoms with Gasteiger partial charge < -0.3 is 9.13 Å². The van der Waals surface area contributed by atoms with Crippen LogP contribution in [0.2, 0.25) is 0 Å². The first-order chi connectivity index (χ1) is 12.7. The van der Waals surface area contributed by atoms with Crippen molar-refractivity contribution >= 4 is 21.6 Å². The fourth-order valence-corrected chi connectivity index (χ4v) is 5.39. The van der Waals surface area contributed by atoms with Crippen LogP contribution in [0.15, 0.2) is 95.2 Å². The van der Waals surface area contributed by atoms with Crippen LogP contribution in [0.1, 0.15) is 11.1 Å². The maximum absolute atomic E-state index is 2.26. The van der Waals surface area contributed by atoms with E-state index in [0.717, 1.165) is 0 Å². The van der Waals surface area contributed by atoms with Crippen LogP contribution in [0.3, 0.4) is 0 Å². The van der Waals surface area contributed by atoms with Gasteiger partial charge in [0, 0.05) is 34.6 Å². The van der Waals surface area contributed by atoms with Gasteiger partial charge in [-0.05, 0) is 73.5 Å². The maximum atomic E-state index is 2.26. The third-order valence-electron chi connectivity index (χ3n) is 4.22. The van der Waals surface area contributed by atoms with Gasteiger partial charge in [-0.3, -0.25) is 0 Å². The first kappa shape index (κ1) is 17.1. The summed E-state index contributed by atoms with van der Waals surface area (Å²) in [6, 6.07) is 21.5. The zero-order chi connectivity index (χ0) is 17.9. The van der Waals surface area contributed by atoms with Crippen LogP contribution >= 0.6 is 21.6 Å². The van der Waals surface area contributed by atoms with E-state index in [1.54, 1.807) is 0 Å². The van der Waals surface area contributed by atoms with E-state index in [0.29, 0.717) is 0 Å². The highest BCUT2D eigenvalue weighted by molar-refractivity contribution is 8.76. The Bertz CT molecular complexity index is 919. The van der Waals surface area contributed by atoms with E-state index in [1.165, 1.54) is 32.3 Å². The Morgan fingerprint density at radius 2 is 0.962 bits per heavy atom. The Morgan fingerprint density at radius 3 is 1.35 bits per heavy atom. The first-order valence-electron chi connectivity index (χ1n) is 8.53. The first-order valence-corrected chi connectivity index (χ1v) is 10.7. The summed E-state index contributed by atoms with van der Waals surface area (Å²) in [6.07, 6.45) is 8.38. The van der Waals surface area contributed by atoms with Crippen molar-refractivity contribution in [2.75, 3.05) is 0 Å². The van der Waals surface area contributed by atoms with Crippen molar-refractivity contribution in [2.45, 2.75) is 23.6 Å². The molecule has 0 N–H and O–H groups in total. The molecule has 0 aliphatic heterocycles. The predicted molar refractivity (Wildman–Crippen MR) is 113 cm³/mol. The highest BCUT2D eigenvalue weighted by Crippen LogP contribution is 2.43. The van der Waals surface area contributed by atoms with Gasteiger partial charge in [-0.1, -0.05) is 33.7 Å². The molecule has 0 spiro atoms. The standard InChI is InChI=1S/C22H20N2S2/c1-17-7-9-19(23-11-3-4-12-23)21(15-17)25-26-22-16-18(2)8-10-20(22)24-13-5-6-14-24/h3-16H,1-2H3. The molecule has 0 amide bonds. The summed E-state index contributed by atoms with van der Waals surface area (Å²) in [5.41, 5.74) is 4.99. The lowest BCUT2D eigenvalue weighted by Gasteiger charge is -2.14. The second-order valence-corrected chi connectivity index (χ2v) is 8.50. The Labute approximate surface area is 162 Å². The summed E-state index contributed by atoms with van der Waals surface area (Å²) in [5.74, 6) is 0. The molecule has 0 saturated heterocycles. The molecule has 130 valence electrons. The van der Waals surface area contributed by atoms with Gasteiger partial charge in [0.2, 0.25) is 0 Å². The summed E-state index contributed by atoms with van der Waals surface area (Å²) >= 11 is 0. The van der Waals surface area contributed by atoms with E-state index in [1.807, 2.05) is 21.6 Å². The van der Waals surface area contributed by atoms with Crippen molar-refractivity contribution in [1.29, 1.82) is 0 Å². The van der Waals surface area contributed by atoms with Crippen LogP contribution in [-0.4, -0.2) is 9.13 Å². The Balaban J connectivity index is 1.67. The number of benzene rings is 2. The molecule has 2 aromatic heterocycles. The van der Waals surface area contributed by atoms with Gasteiger partial charge in [0.15, 0.2) is 0 Å².